The molecule has 3 aromatic carbocycles. The molecule has 4 rings (SSSR count). The molecule has 0 aliphatic heterocycles. The van der Waals surface area contributed by atoms with Gasteiger partial charge in [0.05, 0.1) is 24.4 Å². The van der Waals surface area contributed by atoms with Crippen molar-refractivity contribution in [3.63, 3.8) is 0 Å². The van der Waals surface area contributed by atoms with Crippen LogP contribution in [0.15, 0.2) is 85.0 Å². The van der Waals surface area contributed by atoms with E-state index in [-0.39, 0.29) is 43.4 Å². The maximum atomic E-state index is 15.3. The molecule has 3 aromatic rings. The molecule has 0 aromatic heterocycles. The molecular formula is C43H53FO8. The normalized spacial score (nSPS) is 15.5. The number of carbonyl (C=O) groups is 2. The Kier molecular flexibility index (Phi) is 16.4. The highest BCUT2D eigenvalue weighted by atomic mass is 19.1. The average molecular weight is 717 g/mol. The molecule has 0 atom stereocenters. The van der Waals surface area contributed by atoms with E-state index in [4.69, 9.17) is 29.2 Å². The molecule has 0 radical (unpaired) electrons. The Morgan fingerprint density at radius 2 is 1.17 bits per heavy atom. The number of unbranched alkanes of at least 4 members (excludes halogenated alkanes) is 2. The smallest absolute Gasteiger partial charge is 0.335 e. The average Bonchev–Trinajstić information content (AvgIpc) is 3.17. The SMILES string of the molecule is C=C(CO)C(=O)OCCOc1cc(OCCOC(=O)C(=C)CO)cc(-c2ccc(-c3ccc(CCC4CCC(CCCCC)CC4)c(F)c3)cc2)c1. The second kappa shape index (κ2) is 21.2. The van der Waals surface area contributed by atoms with Gasteiger partial charge in [0, 0.05) is 6.07 Å². The van der Waals surface area contributed by atoms with Crippen LogP contribution in [0.4, 0.5) is 4.39 Å². The zero-order valence-corrected chi connectivity index (χ0v) is 30.4. The van der Waals surface area contributed by atoms with E-state index >= 15 is 4.39 Å². The maximum absolute atomic E-state index is 15.3. The quantitative estimate of drug-likeness (QED) is 0.0642. The Balaban J connectivity index is 1.38. The number of hydrogen-bond acceptors (Lipinski definition) is 8. The van der Waals surface area contributed by atoms with Gasteiger partial charge in [0.15, 0.2) is 0 Å². The fraction of sp³-hybridized carbons (Fsp3) is 0.442. The summed E-state index contributed by atoms with van der Waals surface area (Å²) in [6.07, 6.45) is 12.3. The molecule has 0 spiro atoms. The summed E-state index contributed by atoms with van der Waals surface area (Å²) in [6.45, 7) is 8.11. The Hall–Kier alpha value is -4.47. The summed E-state index contributed by atoms with van der Waals surface area (Å²) in [4.78, 5) is 23.6. The van der Waals surface area contributed by atoms with Crippen molar-refractivity contribution >= 4 is 11.9 Å². The molecule has 1 aliphatic rings. The van der Waals surface area contributed by atoms with Crippen molar-refractivity contribution in [2.24, 2.45) is 11.8 Å². The van der Waals surface area contributed by atoms with Gasteiger partial charge in [-0.3, -0.25) is 0 Å². The van der Waals surface area contributed by atoms with Gasteiger partial charge in [-0.25, -0.2) is 14.0 Å². The number of aliphatic hydroxyl groups excluding tert-OH is 2. The third kappa shape index (κ3) is 12.6. The highest BCUT2D eigenvalue weighted by Crippen LogP contribution is 2.35. The van der Waals surface area contributed by atoms with E-state index in [2.05, 4.69) is 20.1 Å². The van der Waals surface area contributed by atoms with Crippen molar-refractivity contribution in [1.29, 1.82) is 0 Å². The number of halogens is 1. The second-order valence-corrected chi connectivity index (χ2v) is 13.5. The minimum absolute atomic E-state index is 0.0367. The first-order valence-corrected chi connectivity index (χ1v) is 18.4. The molecular weight excluding hydrogens is 663 g/mol. The van der Waals surface area contributed by atoms with Gasteiger partial charge < -0.3 is 29.2 Å². The van der Waals surface area contributed by atoms with Gasteiger partial charge in [0.25, 0.3) is 0 Å². The van der Waals surface area contributed by atoms with Crippen molar-refractivity contribution < 1.29 is 43.1 Å². The summed E-state index contributed by atoms with van der Waals surface area (Å²) in [5.74, 6) is 0.871. The summed E-state index contributed by atoms with van der Waals surface area (Å²) in [7, 11) is 0. The number of benzene rings is 3. The lowest BCUT2D eigenvalue weighted by molar-refractivity contribution is -0.141. The van der Waals surface area contributed by atoms with Gasteiger partial charge in [0.2, 0.25) is 0 Å². The van der Waals surface area contributed by atoms with E-state index < -0.39 is 25.2 Å². The zero-order valence-electron chi connectivity index (χ0n) is 30.4. The van der Waals surface area contributed by atoms with Crippen LogP contribution in [0.1, 0.15) is 70.3 Å². The molecule has 0 unspecified atom stereocenters. The van der Waals surface area contributed by atoms with Crippen molar-refractivity contribution in [1.82, 2.24) is 0 Å². The third-order valence-electron chi connectivity index (χ3n) is 9.62. The molecule has 280 valence electrons. The van der Waals surface area contributed by atoms with E-state index in [0.717, 1.165) is 46.6 Å². The Labute approximate surface area is 307 Å². The minimum atomic E-state index is -0.706. The summed E-state index contributed by atoms with van der Waals surface area (Å²) < 4.78 is 37.1. The number of aryl methyl sites for hydroxylation is 1. The van der Waals surface area contributed by atoms with Crippen molar-refractivity contribution in [3.05, 3.63) is 96.3 Å². The fourth-order valence-electron chi connectivity index (χ4n) is 6.46. The highest BCUT2D eigenvalue weighted by molar-refractivity contribution is 5.88. The summed E-state index contributed by atoms with van der Waals surface area (Å²) in [5.41, 5.74) is 3.98. The van der Waals surface area contributed by atoms with Crippen LogP contribution in [0.3, 0.4) is 0 Å². The van der Waals surface area contributed by atoms with Crippen LogP contribution >= 0.6 is 0 Å². The van der Waals surface area contributed by atoms with Crippen molar-refractivity contribution in [2.75, 3.05) is 39.6 Å². The van der Waals surface area contributed by atoms with Crippen LogP contribution in [0.25, 0.3) is 22.3 Å². The monoisotopic (exact) mass is 716 g/mol. The summed E-state index contributed by atoms with van der Waals surface area (Å²) in [6, 6.07) is 18.6. The third-order valence-corrected chi connectivity index (χ3v) is 9.62. The van der Waals surface area contributed by atoms with Gasteiger partial charge >= 0.3 is 11.9 Å². The second-order valence-electron chi connectivity index (χ2n) is 13.5. The fourth-order valence-corrected chi connectivity index (χ4v) is 6.46. The number of esters is 2. The Morgan fingerprint density at radius 1 is 0.673 bits per heavy atom. The maximum Gasteiger partial charge on any atom is 0.335 e. The van der Waals surface area contributed by atoms with Crippen LogP contribution in [0.2, 0.25) is 0 Å². The molecule has 2 N–H and O–H groups in total. The minimum Gasteiger partial charge on any atom is -0.490 e. The van der Waals surface area contributed by atoms with Gasteiger partial charge in [-0.05, 0) is 70.7 Å². The Bertz CT molecular complexity index is 1570. The van der Waals surface area contributed by atoms with E-state index in [9.17, 15) is 9.59 Å². The lowest BCUT2D eigenvalue weighted by Gasteiger charge is -2.28. The van der Waals surface area contributed by atoms with Gasteiger partial charge in [-0.2, -0.15) is 0 Å². The largest absolute Gasteiger partial charge is 0.490 e. The first kappa shape index (κ1) is 40.3. The van der Waals surface area contributed by atoms with E-state index in [1.807, 2.05) is 48.5 Å². The lowest BCUT2D eigenvalue weighted by Crippen LogP contribution is -2.15. The molecule has 1 fully saturated rings. The molecule has 1 saturated carbocycles. The predicted octanol–water partition coefficient (Wildman–Crippen LogP) is 8.42. The molecule has 0 amide bonds. The number of aliphatic hydroxyl groups is 2. The van der Waals surface area contributed by atoms with Gasteiger partial charge in [0.1, 0.15) is 43.7 Å². The van der Waals surface area contributed by atoms with Crippen LogP contribution in [-0.2, 0) is 25.5 Å². The zero-order chi connectivity index (χ0) is 37.3. The number of carbonyl (C=O) groups excluding carboxylic acids is 2. The number of rotatable bonds is 21. The van der Waals surface area contributed by atoms with Crippen LogP contribution in [0.5, 0.6) is 11.5 Å². The standard InChI is InChI=1S/C43H53FO8/c1-4-5-6-7-32-8-10-33(11-9-32)12-13-36-18-19-37(26-41(36)44)34-14-16-35(17-15-34)38-24-39(49-20-22-51-42(47)30(2)28-45)27-40(25-38)50-21-23-52-43(48)31(3)29-46/h14-19,24-27,32-33,45-46H,2-13,20-23,28-29H2,1H3. The first-order chi connectivity index (χ1) is 25.2. The molecule has 8 nitrogen and oxygen atoms in total. The van der Waals surface area contributed by atoms with E-state index in [1.165, 1.54) is 51.4 Å². The van der Waals surface area contributed by atoms with Gasteiger partial charge in [-0.1, -0.05) is 108 Å². The van der Waals surface area contributed by atoms with Crippen molar-refractivity contribution in [3.8, 4) is 33.8 Å². The highest BCUT2D eigenvalue weighted by Gasteiger charge is 2.21. The molecule has 1 aliphatic carbocycles. The number of hydrogen-bond donors (Lipinski definition) is 2. The predicted molar refractivity (Wildman–Crippen MR) is 201 cm³/mol. The Morgan fingerprint density at radius 3 is 1.67 bits per heavy atom. The van der Waals surface area contributed by atoms with E-state index in [0.29, 0.717) is 17.4 Å². The van der Waals surface area contributed by atoms with Crippen LogP contribution in [0, 0.1) is 17.7 Å². The molecule has 0 bridgehead atoms. The molecule has 0 heterocycles. The molecule has 0 saturated heterocycles. The van der Waals surface area contributed by atoms with Gasteiger partial charge in [-0.15, -0.1) is 0 Å². The molecule has 9 heteroatoms. The number of ether oxygens (including phenoxy) is 4. The summed E-state index contributed by atoms with van der Waals surface area (Å²) in [5, 5.41) is 18.1. The van der Waals surface area contributed by atoms with E-state index in [1.54, 1.807) is 12.1 Å². The summed E-state index contributed by atoms with van der Waals surface area (Å²) >= 11 is 0. The lowest BCUT2D eigenvalue weighted by atomic mass is 9.77. The van der Waals surface area contributed by atoms with Crippen LogP contribution < -0.4 is 9.47 Å². The first-order valence-electron chi connectivity index (χ1n) is 18.4. The topological polar surface area (TPSA) is 112 Å². The van der Waals surface area contributed by atoms with Crippen LogP contribution in [-0.4, -0.2) is 61.8 Å². The molecule has 52 heavy (non-hydrogen) atoms. The van der Waals surface area contributed by atoms with Crippen molar-refractivity contribution in [2.45, 2.75) is 71.1 Å².